The minimum absolute atomic E-state index is 0.189. The van der Waals surface area contributed by atoms with Crippen LogP contribution in [0.5, 0.6) is 0 Å². The van der Waals surface area contributed by atoms with Crippen molar-refractivity contribution >= 4 is 56.7 Å². The van der Waals surface area contributed by atoms with Crippen molar-refractivity contribution in [2.45, 2.75) is 13.1 Å². The molecule has 0 radical (unpaired) electrons. The summed E-state index contributed by atoms with van der Waals surface area (Å²) in [5.74, 6) is 0. The predicted molar refractivity (Wildman–Crippen MR) is 133 cm³/mol. The third kappa shape index (κ3) is 4.07. The SMILES string of the molecule is NCc1cc(-c2ccc(F)s2)sc1-c1ccc(-c2sc(-c3ccc(F)s3)cc2CN)s1. The van der Waals surface area contributed by atoms with E-state index in [0.717, 1.165) is 72.8 Å². The van der Waals surface area contributed by atoms with E-state index in [2.05, 4.69) is 24.3 Å². The molecule has 0 bridgehead atoms. The fraction of sp³-hybridized carbons (Fsp3) is 0.0909. The highest BCUT2D eigenvalue weighted by Crippen LogP contribution is 2.47. The lowest BCUT2D eigenvalue weighted by Gasteiger charge is -1.98. The molecule has 0 amide bonds. The van der Waals surface area contributed by atoms with E-state index in [1.807, 2.05) is 12.1 Å². The lowest BCUT2D eigenvalue weighted by Crippen LogP contribution is -1.95. The van der Waals surface area contributed by atoms with E-state index in [9.17, 15) is 8.78 Å². The van der Waals surface area contributed by atoms with Crippen LogP contribution in [0.25, 0.3) is 39.0 Å². The van der Waals surface area contributed by atoms with Crippen LogP contribution in [0.2, 0.25) is 0 Å². The van der Waals surface area contributed by atoms with Gasteiger partial charge in [0.1, 0.15) is 0 Å². The van der Waals surface area contributed by atoms with Crippen molar-refractivity contribution < 1.29 is 8.78 Å². The van der Waals surface area contributed by atoms with Gasteiger partial charge in [-0.1, -0.05) is 0 Å². The molecule has 5 heterocycles. The van der Waals surface area contributed by atoms with E-state index >= 15 is 0 Å². The lowest BCUT2D eigenvalue weighted by molar-refractivity contribution is 0.657. The molecular formula is C22H16F2N2S5. The summed E-state index contributed by atoms with van der Waals surface area (Å²) >= 11 is 7.27. The van der Waals surface area contributed by atoms with E-state index in [1.165, 1.54) is 12.1 Å². The summed E-state index contributed by atoms with van der Waals surface area (Å²) in [6.45, 7) is 0.849. The molecule has 31 heavy (non-hydrogen) atoms. The van der Waals surface area contributed by atoms with Crippen molar-refractivity contribution in [2.75, 3.05) is 0 Å². The summed E-state index contributed by atoms with van der Waals surface area (Å²) in [4.78, 5) is 8.38. The predicted octanol–water partition coefficient (Wildman–Crippen LogP) is 7.86. The van der Waals surface area contributed by atoms with Gasteiger partial charge in [0.2, 0.25) is 0 Å². The molecule has 9 heteroatoms. The van der Waals surface area contributed by atoms with Gasteiger partial charge in [-0.3, -0.25) is 0 Å². The van der Waals surface area contributed by atoms with Crippen LogP contribution in [0.1, 0.15) is 11.1 Å². The smallest absolute Gasteiger partial charge is 0.177 e. The van der Waals surface area contributed by atoms with Crippen LogP contribution in [0.15, 0.2) is 48.5 Å². The summed E-state index contributed by atoms with van der Waals surface area (Å²) in [6, 6.07) is 14.9. The second-order valence-corrected chi connectivity index (χ2v) is 12.0. The number of hydrogen-bond acceptors (Lipinski definition) is 7. The van der Waals surface area contributed by atoms with Crippen LogP contribution in [0.4, 0.5) is 8.78 Å². The first kappa shape index (κ1) is 21.1. The van der Waals surface area contributed by atoms with E-state index in [1.54, 1.807) is 34.0 Å². The van der Waals surface area contributed by atoms with Gasteiger partial charge in [-0.15, -0.1) is 56.7 Å². The van der Waals surface area contributed by atoms with Crippen molar-refractivity contribution in [1.82, 2.24) is 0 Å². The number of thiophene rings is 5. The Bertz CT molecular complexity index is 1250. The largest absolute Gasteiger partial charge is 0.326 e. The maximum atomic E-state index is 13.5. The van der Waals surface area contributed by atoms with Gasteiger partial charge < -0.3 is 11.5 Å². The van der Waals surface area contributed by atoms with Crippen LogP contribution < -0.4 is 11.5 Å². The zero-order chi connectivity index (χ0) is 21.5. The van der Waals surface area contributed by atoms with Crippen LogP contribution in [-0.4, -0.2) is 0 Å². The lowest BCUT2D eigenvalue weighted by atomic mass is 10.2. The average Bonchev–Trinajstić information content (AvgIpc) is 3.55. The molecule has 0 aliphatic heterocycles. The Balaban J connectivity index is 1.52. The zero-order valence-electron chi connectivity index (χ0n) is 16.0. The summed E-state index contributed by atoms with van der Waals surface area (Å²) in [7, 11) is 0. The van der Waals surface area contributed by atoms with Gasteiger partial charge in [-0.05, 0) is 59.7 Å². The first-order valence-electron chi connectivity index (χ1n) is 9.33. The third-order valence-corrected chi connectivity index (χ3v) is 10.7. The highest BCUT2D eigenvalue weighted by atomic mass is 32.1. The molecule has 0 aliphatic carbocycles. The minimum Gasteiger partial charge on any atom is -0.326 e. The molecule has 0 atom stereocenters. The third-order valence-electron chi connectivity index (χ3n) is 4.74. The zero-order valence-corrected chi connectivity index (χ0v) is 20.1. The van der Waals surface area contributed by atoms with E-state index in [4.69, 9.17) is 11.5 Å². The van der Waals surface area contributed by atoms with E-state index < -0.39 is 0 Å². The second-order valence-electron chi connectivity index (χ2n) is 6.71. The quantitative estimate of drug-likeness (QED) is 0.246. The van der Waals surface area contributed by atoms with Crippen molar-refractivity contribution in [2.24, 2.45) is 11.5 Å². The van der Waals surface area contributed by atoms with Gasteiger partial charge in [0, 0.05) is 52.1 Å². The van der Waals surface area contributed by atoms with Crippen molar-refractivity contribution in [1.29, 1.82) is 0 Å². The van der Waals surface area contributed by atoms with Crippen LogP contribution in [-0.2, 0) is 13.1 Å². The number of halogens is 2. The Morgan fingerprint density at radius 1 is 0.516 bits per heavy atom. The molecule has 2 nitrogen and oxygen atoms in total. The Morgan fingerprint density at radius 2 is 0.935 bits per heavy atom. The molecule has 4 N–H and O–H groups in total. The van der Waals surface area contributed by atoms with Crippen LogP contribution in [0, 0.1) is 10.3 Å². The summed E-state index contributed by atoms with van der Waals surface area (Å²) < 4.78 is 27.0. The van der Waals surface area contributed by atoms with Gasteiger partial charge in [-0.25, -0.2) is 0 Å². The fourth-order valence-electron chi connectivity index (χ4n) is 3.30. The molecule has 0 spiro atoms. The normalized spacial score (nSPS) is 11.5. The topological polar surface area (TPSA) is 52.0 Å². The molecule has 0 fully saturated rings. The molecule has 0 saturated heterocycles. The monoisotopic (exact) mass is 506 g/mol. The maximum absolute atomic E-state index is 13.5. The highest BCUT2D eigenvalue weighted by molar-refractivity contribution is 7.29. The van der Waals surface area contributed by atoms with Crippen molar-refractivity contribution in [3.63, 3.8) is 0 Å². The Morgan fingerprint density at radius 3 is 1.29 bits per heavy atom. The van der Waals surface area contributed by atoms with Gasteiger partial charge in [-0.2, -0.15) is 8.78 Å². The number of rotatable bonds is 6. The van der Waals surface area contributed by atoms with Gasteiger partial charge in [0.25, 0.3) is 0 Å². The number of nitrogens with two attached hydrogens (primary N) is 2. The molecule has 5 aromatic heterocycles. The molecule has 158 valence electrons. The highest BCUT2D eigenvalue weighted by Gasteiger charge is 2.18. The first-order valence-corrected chi connectivity index (χ1v) is 13.4. The molecule has 0 unspecified atom stereocenters. The van der Waals surface area contributed by atoms with Gasteiger partial charge >= 0.3 is 0 Å². The summed E-state index contributed by atoms with van der Waals surface area (Å²) in [5.41, 5.74) is 14.1. The summed E-state index contributed by atoms with van der Waals surface area (Å²) in [6.07, 6.45) is 0. The Labute approximate surface area is 198 Å². The van der Waals surface area contributed by atoms with Gasteiger partial charge in [0.15, 0.2) is 10.3 Å². The fourth-order valence-corrected chi connectivity index (χ4v) is 8.60. The van der Waals surface area contributed by atoms with Gasteiger partial charge in [0.05, 0.1) is 0 Å². The maximum Gasteiger partial charge on any atom is 0.177 e. The number of hydrogen-bond donors (Lipinski definition) is 2. The van der Waals surface area contributed by atoms with E-state index in [-0.39, 0.29) is 10.3 Å². The van der Waals surface area contributed by atoms with Crippen molar-refractivity contribution in [3.05, 3.63) is 69.9 Å². The van der Waals surface area contributed by atoms with E-state index in [0.29, 0.717) is 13.1 Å². The molecule has 0 saturated carbocycles. The Hall–Kier alpha value is -1.72. The average molecular weight is 507 g/mol. The van der Waals surface area contributed by atoms with Crippen molar-refractivity contribution in [3.8, 4) is 39.0 Å². The summed E-state index contributed by atoms with van der Waals surface area (Å²) in [5, 5.41) is -0.378. The first-order chi connectivity index (χ1) is 15.1. The molecule has 0 aliphatic rings. The molecular weight excluding hydrogens is 491 g/mol. The Kier molecular flexibility index (Phi) is 5.91. The standard InChI is InChI=1S/C22H16F2N2S5/c23-19-5-3-13(28-19)17-7-11(9-25)21(30-17)15-1-2-16(27-15)22-12(10-26)8-18(31-22)14-4-6-20(24)29-14/h1-8H,9-10,25-26H2. The van der Waals surface area contributed by atoms with Crippen LogP contribution >= 0.6 is 56.7 Å². The molecule has 5 aromatic rings. The van der Waals surface area contributed by atoms with Crippen LogP contribution in [0.3, 0.4) is 0 Å². The molecule has 5 rings (SSSR count). The second kappa shape index (κ2) is 8.67. The molecule has 0 aromatic carbocycles. The minimum atomic E-state index is -0.189.